The topological polar surface area (TPSA) is 56.6 Å². The Bertz CT molecular complexity index is 350. The zero-order valence-electron chi connectivity index (χ0n) is 12.2. The van der Waals surface area contributed by atoms with Crippen LogP contribution in [0.4, 0.5) is 5.69 Å². The van der Waals surface area contributed by atoms with Crippen molar-refractivity contribution in [2.75, 3.05) is 18.1 Å². The fourth-order valence-corrected chi connectivity index (χ4v) is 2.33. The summed E-state index contributed by atoms with van der Waals surface area (Å²) in [6, 6.07) is 4.27. The summed E-state index contributed by atoms with van der Waals surface area (Å²) >= 11 is 0. The summed E-state index contributed by atoms with van der Waals surface area (Å²) in [7, 11) is 0. The third kappa shape index (κ3) is 4.18. The fraction of sp³-hybridized carbons (Fsp3) is 0.667. The lowest BCUT2D eigenvalue weighted by Crippen LogP contribution is -2.36. The van der Waals surface area contributed by atoms with E-state index in [1.165, 1.54) is 0 Å². The molecule has 1 unspecified atom stereocenters. The number of anilines is 1. The van der Waals surface area contributed by atoms with Gasteiger partial charge in [0.1, 0.15) is 0 Å². The van der Waals surface area contributed by atoms with Crippen molar-refractivity contribution in [1.29, 1.82) is 0 Å². The van der Waals surface area contributed by atoms with E-state index in [1.807, 2.05) is 19.1 Å². The molecule has 2 N–H and O–H groups in total. The summed E-state index contributed by atoms with van der Waals surface area (Å²) in [5.41, 5.74) is 1.72. The van der Waals surface area contributed by atoms with Crippen molar-refractivity contribution in [3.05, 3.63) is 24.0 Å². The average molecular weight is 266 g/mol. The molecule has 0 radical (unpaired) electrons. The summed E-state index contributed by atoms with van der Waals surface area (Å²) in [5, 5.41) is 19.0. The van der Waals surface area contributed by atoms with E-state index in [-0.39, 0.29) is 6.61 Å². The van der Waals surface area contributed by atoms with Gasteiger partial charge >= 0.3 is 0 Å². The molecular weight excluding hydrogens is 240 g/mol. The quantitative estimate of drug-likeness (QED) is 0.759. The number of hydrogen-bond donors (Lipinski definition) is 2. The number of pyridine rings is 1. The van der Waals surface area contributed by atoms with Gasteiger partial charge < -0.3 is 15.1 Å². The van der Waals surface area contributed by atoms with Crippen molar-refractivity contribution < 1.29 is 10.2 Å². The van der Waals surface area contributed by atoms with Crippen molar-refractivity contribution in [3.63, 3.8) is 0 Å². The number of aliphatic hydroxyl groups is 2. The van der Waals surface area contributed by atoms with Gasteiger partial charge in [0.2, 0.25) is 0 Å². The SMILES string of the molecule is CCC(O)c1ccc(N(CCO)C(CC)CC)cn1. The van der Waals surface area contributed by atoms with Crippen LogP contribution in [0.5, 0.6) is 0 Å². The van der Waals surface area contributed by atoms with Crippen LogP contribution in [0.15, 0.2) is 18.3 Å². The molecule has 0 fully saturated rings. The number of aliphatic hydroxyl groups excluding tert-OH is 2. The van der Waals surface area contributed by atoms with Gasteiger partial charge in [-0.3, -0.25) is 4.98 Å². The molecule has 1 atom stereocenters. The Kier molecular flexibility index (Phi) is 6.81. The standard InChI is InChI=1S/C15H26N2O2/c1-4-12(5-2)17(9-10-18)13-7-8-14(16-11-13)15(19)6-3/h7-8,11-12,15,18-19H,4-6,9-10H2,1-3H3. The molecular formula is C15H26N2O2. The lowest BCUT2D eigenvalue weighted by molar-refractivity contribution is 0.169. The Labute approximate surface area is 116 Å². The second kappa shape index (κ2) is 8.12. The summed E-state index contributed by atoms with van der Waals surface area (Å²) in [6.07, 6.45) is 4.04. The molecule has 0 aliphatic carbocycles. The van der Waals surface area contributed by atoms with E-state index in [9.17, 15) is 10.2 Å². The van der Waals surface area contributed by atoms with Crippen LogP contribution in [0.2, 0.25) is 0 Å². The van der Waals surface area contributed by atoms with Crippen LogP contribution in [-0.2, 0) is 0 Å². The van der Waals surface area contributed by atoms with Crippen LogP contribution in [0, 0.1) is 0 Å². The fourth-order valence-electron chi connectivity index (χ4n) is 2.33. The first-order valence-electron chi connectivity index (χ1n) is 7.19. The van der Waals surface area contributed by atoms with Crippen LogP contribution < -0.4 is 4.90 Å². The summed E-state index contributed by atoms with van der Waals surface area (Å²) in [5.74, 6) is 0. The Morgan fingerprint density at radius 1 is 1.16 bits per heavy atom. The predicted octanol–water partition coefficient (Wildman–Crippen LogP) is 2.51. The number of hydrogen-bond acceptors (Lipinski definition) is 4. The molecule has 0 saturated carbocycles. The van der Waals surface area contributed by atoms with Crippen LogP contribution in [0.1, 0.15) is 51.8 Å². The lowest BCUT2D eigenvalue weighted by Gasteiger charge is -2.32. The number of aromatic nitrogens is 1. The van der Waals surface area contributed by atoms with E-state index >= 15 is 0 Å². The third-order valence-corrected chi connectivity index (χ3v) is 3.55. The Morgan fingerprint density at radius 2 is 1.84 bits per heavy atom. The van der Waals surface area contributed by atoms with Gasteiger partial charge in [-0.15, -0.1) is 0 Å². The smallest absolute Gasteiger partial charge is 0.0957 e. The van der Waals surface area contributed by atoms with E-state index in [1.54, 1.807) is 6.20 Å². The van der Waals surface area contributed by atoms with Crippen molar-refractivity contribution in [2.45, 2.75) is 52.2 Å². The Balaban J connectivity index is 2.90. The molecule has 1 aromatic rings. The van der Waals surface area contributed by atoms with Crippen molar-refractivity contribution in [2.24, 2.45) is 0 Å². The minimum atomic E-state index is -0.492. The first-order chi connectivity index (χ1) is 9.17. The molecule has 0 spiro atoms. The maximum atomic E-state index is 9.75. The molecule has 0 saturated heterocycles. The second-order valence-corrected chi connectivity index (χ2v) is 4.75. The minimum Gasteiger partial charge on any atom is -0.395 e. The minimum absolute atomic E-state index is 0.135. The second-order valence-electron chi connectivity index (χ2n) is 4.75. The van der Waals surface area contributed by atoms with E-state index in [0.717, 1.165) is 18.5 Å². The van der Waals surface area contributed by atoms with Gasteiger partial charge in [-0.05, 0) is 31.4 Å². The molecule has 0 aromatic carbocycles. The van der Waals surface area contributed by atoms with E-state index in [2.05, 4.69) is 23.7 Å². The van der Waals surface area contributed by atoms with Crippen molar-refractivity contribution >= 4 is 5.69 Å². The molecule has 4 nitrogen and oxygen atoms in total. The van der Waals surface area contributed by atoms with E-state index in [0.29, 0.717) is 24.7 Å². The largest absolute Gasteiger partial charge is 0.395 e. The van der Waals surface area contributed by atoms with Gasteiger partial charge in [0.25, 0.3) is 0 Å². The van der Waals surface area contributed by atoms with Gasteiger partial charge in [0, 0.05) is 12.6 Å². The Hall–Kier alpha value is -1.13. The van der Waals surface area contributed by atoms with Gasteiger partial charge in [0.15, 0.2) is 0 Å². The molecule has 108 valence electrons. The summed E-state index contributed by atoms with van der Waals surface area (Å²) in [6.45, 7) is 6.99. The lowest BCUT2D eigenvalue weighted by atomic mass is 10.1. The molecule has 4 heteroatoms. The molecule has 19 heavy (non-hydrogen) atoms. The average Bonchev–Trinajstić information content (AvgIpc) is 2.47. The Morgan fingerprint density at radius 3 is 2.26 bits per heavy atom. The van der Waals surface area contributed by atoms with Crippen molar-refractivity contribution in [1.82, 2.24) is 4.98 Å². The van der Waals surface area contributed by atoms with Crippen LogP contribution in [-0.4, -0.2) is 34.4 Å². The van der Waals surface area contributed by atoms with Gasteiger partial charge in [-0.1, -0.05) is 20.8 Å². The maximum absolute atomic E-state index is 9.75. The van der Waals surface area contributed by atoms with Crippen LogP contribution >= 0.6 is 0 Å². The first-order valence-corrected chi connectivity index (χ1v) is 7.19. The normalized spacial score (nSPS) is 12.7. The molecule has 0 aliphatic rings. The highest BCUT2D eigenvalue weighted by molar-refractivity contribution is 5.46. The molecule has 0 amide bonds. The highest BCUT2D eigenvalue weighted by Gasteiger charge is 2.16. The molecule has 0 aliphatic heterocycles. The molecule has 1 aromatic heterocycles. The van der Waals surface area contributed by atoms with E-state index in [4.69, 9.17) is 0 Å². The number of nitrogens with zero attached hydrogens (tertiary/aromatic N) is 2. The summed E-state index contributed by atoms with van der Waals surface area (Å²) < 4.78 is 0. The van der Waals surface area contributed by atoms with Crippen LogP contribution in [0.25, 0.3) is 0 Å². The molecule has 1 heterocycles. The van der Waals surface area contributed by atoms with Crippen LogP contribution in [0.3, 0.4) is 0 Å². The monoisotopic (exact) mass is 266 g/mol. The third-order valence-electron chi connectivity index (χ3n) is 3.55. The highest BCUT2D eigenvalue weighted by atomic mass is 16.3. The zero-order chi connectivity index (χ0) is 14.3. The van der Waals surface area contributed by atoms with Gasteiger partial charge in [-0.2, -0.15) is 0 Å². The van der Waals surface area contributed by atoms with E-state index < -0.39 is 6.10 Å². The maximum Gasteiger partial charge on any atom is 0.0957 e. The highest BCUT2D eigenvalue weighted by Crippen LogP contribution is 2.22. The molecule has 0 bridgehead atoms. The molecule has 1 rings (SSSR count). The summed E-state index contributed by atoms with van der Waals surface area (Å²) in [4.78, 5) is 6.52. The van der Waals surface area contributed by atoms with Crippen molar-refractivity contribution in [3.8, 4) is 0 Å². The van der Waals surface area contributed by atoms with Gasteiger partial charge in [0.05, 0.1) is 30.3 Å². The first kappa shape index (κ1) is 15.9. The zero-order valence-corrected chi connectivity index (χ0v) is 12.2. The predicted molar refractivity (Wildman–Crippen MR) is 78.3 cm³/mol. The number of rotatable bonds is 8. The van der Waals surface area contributed by atoms with Gasteiger partial charge in [-0.25, -0.2) is 0 Å².